The van der Waals surface area contributed by atoms with Gasteiger partial charge in [0.05, 0.1) is 23.9 Å². The highest BCUT2D eigenvalue weighted by molar-refractivity contribution is 5.83. The molecule has 6 rings (SSSR count). The number of hydrogen-bond acceptors (Lipinski definition) is 12. The van der Waals surface area contributed by atoms with E-state index in [2.05, 4.69) is 4.90 Å². The Kier molecular flexibility index (Phi) is 9.01. The van der Waals surface area contributed by atoms with Crippen molar-refractivity contribution < 1.29 is 52.7 Å². The summed E-state index contributed by atoms with van der Waals surface area (Å²) in [5.41, 5.74) is -1.79. The van der Waals surface area contributed by atoms with Gasteiger partial charge in [-0.15, -0.1) is 0 Å². The number of carbonyl (C=O) groups excluding carboxylic acids is 4. The minimum Gasteiger partial charge on any atom is -0.477 e. The molecule has 2 aromatic rings. The topological polar surface area (TPSA) is 147 Å². The van der Waals surface area contributed by atoms with Crippen LogP contribution in [0.4, 0.5) is 4.79 Å². The molecular formula is C38H45NO11. The maximum Gasteiger partial charge on any atom is 0.514 e. The van der Waals surface area contributed by atoms with Crippen molar-refractivity contribution in [3.8, 4) is 11.5 Å². The summed E-state index contributed by atoms with van der Waals surface area (Å²) >= 11 is 0. The van der Waals surface area contributed by atoms with Crippen LogP contribution in [0.1, 0.15) is 90.0 Å². The Labute approximate surface area is 291 Å². The molecule has 2 aromatic carbocycles. The van der Waals surface area contributed by atoms with Crippen molar-refractivity contribution in [2.45, 2.75) is 114 Å². The van der Waals surface area contributed by atoms with Gasteiger partial charge in [-0.2, -0.15) is 0 Å². The number of nitrogens with zero attached hydrogens (tertiary/aromatic N) is 1. The minimum absolute atomic E-state index is 0.133. The number of likely N-dealkylation sites (tertiary alicyclic amines) is 1. The van der Waals surface area contributed by atoms with Crippen LogP contribution in [0.15, 0.2) is 54.3 Å². The molecule has 12 nitrogen and oxygen atoms in total. The maximum atomic E-state index is 14.0. The van der Waals surface area contributed by atoms with Gasteiger partial charge in [0.25, 0.3) is 0 Å². The third-order valence-electron chi connectivity index (χ3n) is 9.66. The predicted octanol–water partition coefficient (Wildman–Crippen LogP) is 5.23. The van der Waals surface area contributed by atoms with Crippen LogP contribution in [0.3, 0.4) is 0 Å². The van der Waals surface area contributed by atoms with Crippen molar-refractivity contribution in [3.05, 3.63) is 71.0 Å². The number of benzene rings is 2. The van der Waals surface area contributed by atoms with Crippen molar-refractivity contribution in [1.82, 2.24) is 4.90 Å². The monoisotopic (exact) mass is 691 g/mol. The molecule has 1 saturated heterocycles. The number of hydrogen-bond donors (Lipinski definition) is 1. The van der Waals surface area contributed by atoms with Gasteiger partial charge < -0.3 is 38.4 Å². The van der Waals surface area contributed by atoms with E-state index in [0.717, 1.165) is 11.1 Å². The van der Waals surface area contributed by atoms with Crippen LogP contribution in [-0.2, 0) is 45.2 Å². The zero-order chi connectivity index (χ0) is 36.2. The second-order valence-corrected chi connectivity index (χ2v) is 15.4. The summed E-state index contributed by atoms with van der Waals surface area (Å²) in [7, 11) is 1.98. The molecule has 1 spiro atoms. The van der Waals surface area contributed by atoms with E-state index >= 15 is 0 Å². The van der Waals surface area contributed by atoms with Gasteiger partial charge in [-0.1, -0.05) is 36.4 Å². The summed E-state index contributed by atoms with van der Waals surface area (Å²) in [6, 6.07) is 11.7. The van der Waals surface area contributed by atoms with E-state index in [1.807, 2.05) is 13.1 Å². The lowest BCUT2D eigenvalue weighted by Crippen LogP contribution is -2.74. The SMILES string of the molecule is CN1CC[C@]23c4c5ccc(OC(=O)OC(C)(C)C)c4O[C@H]2C(OC(=O)[C@@H](OC(=O)CCC(=O)OC(C)(C)C)c2ccccc2)=CC[C@@]3(O)[C@@H]1C5. The Morgan fingerprint density at radius 2 is 1.62 bits per heavy atom. The first-order chi connectivity index (χ1) is 23.4. The number of carbonyl (C=O) groups is 4. The van der Waals surface area contributed by atoms with Gasteiger partial charge in [0.15, 0.2) is 17.6 Å². The number of esters is 3. The van der Waals surface area contributed by atoms with Crippen LogP contribution >= 0.6 is 0 Å². The zero-order valence-corrected chi connectivity index (χ0v) is 29.6. The third-order valence-corrected chi connectivity index (χ3v) is 9.66. The Bertz CT molecular complexity index is 1720. The summed E-state index contributed by atoms with van der Waals surface area (Å²) in [5, 5.41) is 12.6. The van der Waals surface area contributed by atoms with E-state index in [-0.39, 0.29) is 42.6 Å². The predicted molar refractivity (Wildman–Crippen MR) is 178 cm³/mol. The molecule has 0 radical (unpaired) electrons. The van der Waals surface area contributed by atoms with Gasteiger partial charge in [-0.25, -0.2) is 9.59 Å². The fourth-order valence-electron chi connectivity index (χ4n) is 7.70. The fraction of sp³-hybridized carbons (Fsp3) is 0.526. The third kappa shape index (κ3) is 6.46. The molecule has 0 aromatic heterocycles. The fourth-order valence-corrected chi connectivity index (χ4v) is 7.70. The number of rotatable bonds is 8. The lowest BCUT2D eigenvalue weighted by atomic mass is 9.50. The summed E-state index contributed by atoms with van der Waals surface area (Å²) in [4.78, 5) is 54.1. The first kappa shape index (κ1) is 35.4. The van der Waals surface area contributed by atoms with Crippen LogP contribution in [-0.4, -0.2) is 76.6 Å². The average Bonchev–Trinajstić information content (AvgIpc) is 3.38. The van der Waals surface area contributed by atoms with E-state index in [9.17, 15) is 24.3 Å². The van der Waals surface area contributed by atoms with Crippen molar-refractivity contribution in [1.29, 1.82) is 0 Å². The highest BCUT2D eigenvalue weighted by Crippen LogP contribution is 2.65. The van der Waals surface area contributed by atoms with E-state index in [0.29, 0.717) is 24.9 Å². The van der Waals surface area contributed by atoms with E-state index in [1.54, 1.807) is 84.0 Å². The Balaban J connectivity index is 1.30. The lowest BCUT2D eigenvalue weighted by Gasteiger charge is -2.61. The summed E-state index contributed by atoms with van der Waals surface area (Å²) < 4.78 is 34.7. The van der Waals surface area contributed by atoms with Crippen LogP contribution in [0, 0.1) is 0 Å². The molecule has 2 aliphatic carbocycles. The maximum absolute atomic E-state index is 14.0. The lowest BCUT2D eigenvalue weighted by molar-refractivity contribution is -0.177. The van der Waals surface area contributed by atoms with Crippen molar-refractivity contribution >= 4 is 24.1 Å². The Morgan fingerprint density at radius 1 is 0.940 bits per heavy atom. The molecule has 268 valence electrons. The highest BCUT2D eigenvalue weighted by atomic mass is 16.7. The summed E-state index contributed by atoms with van der Waals surface area (Å²) in [6.45, 7) is 11.0. The smallest absolute Gasteiger partial charge is 0.477 e. The molecule has 12 heteroatoms. The second kappa shape index (κ2) is 12.7. The molecule has 50 heavy (non-hydrogen) atoms. The molecule has 4 aliphatic rings. The molecule has 2 aliphatic heterocycles. The number of likely N-dealkylation sites (N-methyl/N-ethyl adjacent to an activating group) is 1. The normalized spacial score (nSPS) is 25.6. The van der Waals surface area contributed by atoms with E-state index in [4.69, 9.17) is 28.4 Å². The molecule has 2 heterocycles. The largest absolute Gasteiger partial charge is 0.514 e. The second-order valence-electron chi connectivity index (χ2n) is 15.4. The first-order valence-corrected chi connectivity index (χ1v) is 17.0. The highest BCUT2D eigenvalue weighted by Gasteiger charge is 2.72. The van der Waals surface area contributed by atoms with Crippen molar-refractivity contribution in [3.63, 3.8) is 0 Å². The van der Waals surface area contributed by atoms with Crippen molar-refractivity contribution in [2.24, 2.45) is 0 Å². The number of ether oxygens (including phenoxy) is 6. The van der Waals surface area contributed by atoms with Gasteiger partial charge in [0, 0.05) is 23.6 Å². The average molecular weight is 692 g/mol. The van der Waals surface area contributed by atoms with Crippen molar-refractivity contribution in [2.75, 3.05) is 13.6 Å². The van der Waals surface area contributed by atoms with E-state index < -0.39 is 58.5 Å². The van der Waals surface area contributed by atoms with Gasteiger partial charge in [0.2, 0.25) is 6.10 Å². The standard InChI is InChI=1S/C38H45NO11/c1-35(2,3)49-28(41)16-15-27(40)47-30(22-11-9-8-10-12-22)33(42)45-25-17-18-38(44)26-21-23-13-14-24(46-34(43)50-36(4,5)6)31-29(23)37(38,32(25)48-31)19-20-39(26)7/h8-14,17,26,30,32,44H,15-16,18-21H2,1-7H3/t26-,30-,32-,37-,38+/m0/s1. The molecule has 2 bridgehead atoms. The number of aliphatic hydroxyl groups is 1. The van der Waals surface area contributed by atoms with Crippen LogP contribution in [0.25, 0.3) is 0 Å². The van der Waals surface area contributed by atoms with Crippen LogP contribution < -0.4 is 9.47 Å². The Morgan fingerprint density at radius 3 is 2.30 bits per heavy atom. The van der Waals surface area contributed by atoms with Gasteiger partial charge >= 0.3 is 24.1 Å². The Hall–Kier alpha value is -4.42. The van der Waals surface area contributed by atoms with Crippen LogP contribution in [0.2, 0.25) is 0 Å². The molecular weight excluding hydrogens is 646 g/mol. The van der Waals surface area contributed by atoms with E-state index in [1.165, 1.54) is 0 Å². The molecule has 5 atom stereocenters. The summed E-state index contributed by atoms with van der Waals surface area (Å²) in [6.07, 6.45) is -1.02. The summed E-state index contributed by atoms with van der Waals surface area (Å²) in [5.74, 6) is -1.65. The quantitative estimate of drug-likeness (QED) is 0.220. The molecule has 0 amide bonds. The molecule has 1 N–H and O–H groups in total. The molecule has 0 unspecified atom stereocenters. The zero-order valence-electron chi connectivity index (χ0n) is 29.6. The van der Waals surface area contributed by atoms with Gasteiger partial charge in [-0.3, -0.25) is 9.59 Å². The van der Waals surface area contributed by atoms with Crippen LogP contribution in [0.5, 0.6) is 11.5 Å². The molecule has 0 saturated carbocycles. The number of piperidine rings is 1. The molecule has 1 fully saturated rings. The minimum atomic E-state index is -1.46. The van der Waals surface area contributed by atoms with Gasteiger partial charge in [-0.05, 0) is 85.7 Å². The van der Waals surface area contributed by atoms with Gasteiger partial charge in [0.1, 0.15) is 17.0 Å². The first-order valence-electron chi connectivity index (χ1n) is 17.0.